The van der Waals surface area contributed by atoms with Gasteiger partial charge in [0.2, 0.25) is 5.91 Å². The first-order valence-corrected chi connectivity index (χ1v) is 7.09. The van der Waals surface area contributed by atoms with Crippen LogP contribution < -0.4 is 5.32 Å². The van der Waals surface area contributed by atoms with E-state index in [4.69, 9.17) is 0 Å². The zero-order valence-electron chi connectivity index (χ0n) is 13.2. The van der Waals surface area contributed by atoms with E-state index in [9.17, 15) is 4.79 Å². The Morgan fingerprint density at radius 2 is 1.75 bits per heavy atom. The highest BCUT2D eigenvalue weighted by atomic mass is 16.1. The van der Waals surface area contributed by atoms with Gasteiger partial charge in [-0.05, 0) is 30.9 Å². The van der Waals surface area contributed by atoms with Gasteiger partial charge in [0.15, 0.2) is 0 Å². The molecule has 1 N–H and O–H groups in total. The van der Waals surface area contributed by atoms with E-state index in [0.717, 1.165) is 24.2 Å². The number of carbonyl (C=O) groups is 1. The zero-order chi connectivity index (χ0) is 15.1. The van der Waals surface area contributed by atoms with Crippen LogP contribution in [0.1, 0.15) is 38.3 Å². The van der Waals surface area contributed by atoms with Gasteiger partial charge in [-0.2, -0.15) is 5.10 Å². The fraction of sp³-hybridized carbons (Fsp3) is 0.500. The molecular formula is C16H25N3O. The van der Waals surface area contributed by atoms with Gasteiger partial charge in [-0.15, -0.1) is 0 Å². The lowest BCUT2D eigenvalue weighted by molar-refractivity contribution is -0.115. The minimum atomic E-state index is -0.0105. The van der Waals surface area contributed by atoms with Crippen LogP contribution in [0.5, 0.6) is 0 Å². The van der Waals surface area contributed by atoms with Gasteiger partial charge < -0.3 is 10.3 Å². The van der Waals surface area contributed by atoms with Gasteiger partial charge in [-0.25, -0.2) is 0 Å². The Hall–Kier alpha value is -1.84. The van der Waals surface area contributed by atoms with Gasteiger partial charge in [-0.1, -0.05) is 32.0 Å². The fourth-order valence-electron chi connectivity index (χ4n) is 2.20. The summed E-state index contributed by atoms with van der Waals surface area (Å²) in [7, 11) is 3.70. The Morgan fingerprint density at radius 1 is 1.20 bits per heavy atom. The minimum Gasteiger partial charge on any atom is -0.325 e. The van der Waals surface area contributed by atoms with E-state index in [2.05, 4.69) is 36.4 Å². The van der Waals surface area contributed by atoms with Crippen LogP contribution in [0.3, 0.4) is 0 Å². The Morgan fingerprint density at radius 3 is 2.20 bits per heavy atom. The molecule has 0 saturated heterocycles. The van der Waals surface area contributed by atoms with E-state index >= 15 is 0 Å². The molecule has 4 heteroatoms. The summed E-state index contributed by atoms with van der Waals surface area (Å²) in [6.07, 6.45) is 2.14. The lowest BCUT2D eigenvalue weighted by atomic mass is 10.0. The molecule has 0 unspecified atom stereocenters. The Balaban J connectivity index is 2.85. The van der Waals surface area contributed by atoms with Crippen molar-refractivity contribution in [3.63, 3.8) is 0 Å². The largest absolute Gasteiger partial charge is 0.325 e. The maximum absolute atomic E-state index is 12.1. The summed E-state index contributed by atoms with van der Waals surface area (Å²) in [4.78, 5) is 12.1. The molecule has 0 heterocycles. The molecule has 4 nitrogen and oxygen atoms in total. The number of hydrogen-bond donors (Lipinski definition) is 1. The molecule has 0 aliphatic rings. The van der Waals surface area contributed by atoms with Crippen LogP contribution in [0.4, 0.5) is 5.69 Å². The molecule has 0 bridgehead atoms. The molecule has 0 aromatic heterocycles. The second-order valence-electron chi connectivity index (χ2n) is 5.07. The maximum Gasteiger partial charge on any atom is 0.230 e. The zero-order valence-corrected chi connectivity index (χ0v) is 13.2. The number of rotatable bonds is 6. The molecule has 0 spiro atoms. The third-order valence-electron chi connectivity index (χ3n) is 3.05. The van der Waals surface area contributed by atoms with Crippen molar-refractivity contribution < 1.29 is 4.79 Å². The average molecular weight is 275 g/mol. The number of para-hydroxylation sites is 1. The first-order chi connectivity index (χ1) is 9.47. The Bertz CT molecular complexity index is 470. The normalized spacial score (nSPS) is 11.3. The van der Waals surface area contributed by atoms with Crippen molar-refractivity contribution in [2.45, 2.75) is 40.0 Å². The van der Waals surface area contributed by atoms with Crippen LogP contribution in [-0.2, 0) is 17.6 Å². The highest BCUT2D eigenvalue weighted by molar-refractivity contribution is 6.06. The Kier molecular flexibility index (Phi) is 6.22. The quantitative estimate of drug-likeness (QED) is 0.640. The van der Waals surface area contributed by atoms with Crippen LogP contribution in [0.2, 0.25) is 0 Å². The molecule has 1 aromatic rings. The third kappa shape index (κ3) is 4.68. The number of carbonyl (C=O) groups excluding carboxylic acids is 1. The summed E-state index contributed by atoms with van der Waals surface area (Å²) in [6.45, 7) is 6.07. The monoisotopic (exact) mass is 275 g/mol. The summed E-state index contributed by atoms with van der Waals surface area (Å²) >= 11 is 0. The van der Waals surface area contributed by atoms with Crippen molar-refractivity contribution >= 4 is 17.3 Å². The predicted molar refractivity (Wildman–Crippen MR) is 85.2 cm³/mol. The molecule has 0 aliphatic heterocycles. The van der Waals surface area contributed by atoms with Crippen molar-refractivity contribution in [1.82, 2.24) is 5.01 Å². The number of anilines is 1. The lowest BCUT2D eigenvalue weighted by Gasteiger charge is -2.14. The summed E-state index contributed by atoms with van der Waals surface area (Å²) in [5.41, 5.74) is 4.14. The highest BCUT2D eigenvalue weighted by Gasteiger charge is 2.11. The number of hydrogen-bond acceptors (Lipinski definition) is 3. The van der Waals surface area contributed by atoms with Crippen molar-refractivity contribution in [2.24, 2.45) is 5.10 Å². The summed E-state index contributed by atoms with van der Waals surface area (Å²) in [5, 5.41) is 8.99. The maximum atomic E-state index is 12.1. The molecule has 1 amide bonds. The number of hydrazone groups is 1. The molecule has 0 atom stereocenters. The first kappa shape index (κ1) is 16.2. The molecular weight excluding hydrogens is 250 g/mol. The minimum absolute atomic E-state index is 0.0105. The van der Waals surface area contributed by atoms with Crippen molar-refractivity contribution in [3.8, 4) is 0 Å². The van der Waals surface area contributed by atoms with E-state index in [1.807, 2.05) is 27.1 Å². The lowest BCUT2D eigenvalue weighted by Crippen LogP contribution is -2.18. The molecule has 1 rings (SSSR count). The second kappa shape index (κ2) is 7.68. The molecule has 20 heavy (non-hydrogen) atoms. The second-order valence-corrected chi connectivity index (χ2v) is 5.07. The molecule has 110 valence electrons. The van der Waals surface area contributed by atoms with Crippen LogP contribution >= 0.6 is 0 Å². The first-order valence-electron chi connectivity index (χ1n) is 7.09. The van der Waals surface area contributed by atoms with Crippen LogP contribution in [0.25, 0.3) is 0 Å². The van der Waals surface area contributed by atoms with Crippen molar-refractivity contribution in [2.75, 3.05) is 19.4 Å². The van der Waals surface area contributed by atoms with Gasteiger partial charge in [0, 0.05) is 25.5 Å². The summed E-state index contributed by atoms with van der Waals surface area (Å²) in [5.74, 6) is -0.0105. The molecule has 0 aliphatic carbocycles. The van der Waals surface area contributed by atoms with Crippen LogP contribution in [0.15, 0.2) is 23.3 Å². The number of amides is 1. The number of aryl methyl sites for hydroxylation is 2. The third-order valence-corrected chi connectivity index (χ3v) is 3.05. The summed E-state index contributed by atoms with van der Waals surface area (Å²) in [6, 6.07) is 6.18. The van der Waals surface area contributed by atoms with E-state index < -0.39 is 0 Å². The Labute approximate surface area is 121 Å². The van der Waals surface area contributed by atoms with Gasteiger partial charge in [0.05, 0.1) is 6.42 Å². The molecule has 0 saturated carbocycles. The van der Waals surface area contributed by atoms with E-state index in [-0.39, 0.29) is 5.91 Å². The van der Waals surface area contributed by atoms with Gasteiger partial charge in [0.25, 0.3) is 0 Å². The number of nitrogens with one attached hydrogen (secondary N) is 1. The van der Waals surface area contributed by atoms with E-state index in [1.165, 1.54) is 11.1 Å². The van der Waals surface area contributed by atoms with Crippen molar-refractivity contribution in [1.29, 1.82) is 0 Å². The van der Waals surface area contributed by atoms with Crippen LogP contribution in [-0.4, -0.2) is 30.7 Å². The van der Waals surface area contributed by atoms with Gasteiger partial charge in [-0.3, -0.25) is 4.79 Å². The summed E-state index contributed by atoms with van der Waals surface area (Å²) < 4.78 is 0. The van der Waals surface area contributed by atoms with E-state index in [1.54, 1.807) is 5.01 Å². The molecule has 1 aromatic carbocycles. The number of nitrogens with zero attached hydrogens (tertiary/aromatic N) is 2. The highest BCUT2D eigenvalue weighted by Crippen LogP contribution is 2.22. The van der Waals surface area contributed by atoms with E-state index in [0.29, 0.717) is 6.42 Å². The van der Waals surface area contributed by atoms with Gasteiger partial charge >= 0.3 is 0 Å². The topological polar surface area (TPSA) is 44.7 Å². The standard InChI is InChI=1S/C16H25N3O/c1-6-13-9-8-10-14(7-2)16(13)17-15(20)11-12(3)18-19(4)5/h8-10H,6-7,11H2,1-5H3,(H,17,20)/b18-12+. The van der Waals surface area contributed by atoms with Crippen LogP contribution in [0, 0.1) is 0 Å². The molecule has 0 radical (unpaired) electrons. The van der Waals surface area contributed by atoms with Crippen molar-refractivity contribution in [3.05, 3.63) is 29.3 Å². The SMILES string of the molecule is CCc1cccc(CC)c1NC(=O)C/C(C)=N/N(C)C. The molecule has 0 fully saturated rings. The number of benzene rings is 1. The average Bonchev–Trinajstić information content (AvgIpc) is 2.37. The fourth-order valence-corrected chi connectivity index (χ4v) is 2.20. The van der Waals surface area contributed by atoms with Gasteiger partial charge in [0.1, 0.15) is 0 Å². The smallest absolute Gasteiger partial charge is 0.230 e. The predicted octanol–water partition coefficient (Wildman–Crippen LogP) is 3.08.